The van der Waals surface area contributed by atoms with Gasteiger partial charge in [0.25, 0.3) is 0 Å². The van der Waals surface area contributed by atoms with Crippen molar-refractivity contribution in [2.45, 2.75) is 32.7 Å². The average molecular weight is 198 g/mol. The van der Waals surface area contributed by atoms with Crippen LogP contribution in [0.4, 0.5) is 11.5 Å². The molecule has 0 aromatic carbocycles. The van der Waals surface area contributed by atoms with Gasteiger partial charge in [-0.25, -0.2) is 0 Å². The van der Waals surface area contributed by atoms with Crippen molar-refractivity contribution in [3.63, 3.8) is 0 Å². The highest BCUT2D eigenvalue weighted by Gasteiger charge is 2.21. The van der Waals surface area contributed by atoms with E-state index in [-0.39, 0.29) is 11.4 Å². The summed E-state index contributed by atoms with van der Waals surface area (Å²) in [5.74, 6) is -0.0912. The summed E-state index contributed by atoms with van der Waals surface area (Å²) in [5.41, 5.74) is 0.260. The second kappa shape index (κ2) is 3.65. The Bertz CT molecular complexity index is 332. The van der Waals surface area contributed by atoms with Gasteiger partial charge in [0.2, 0.25) is 0 Å². The van der Waals surface area contributed by atoms with Crippen molar-refractivity contribution < 1.29 is 4.92 Å². The second-order valence-corrected chi connectivity index (χ2v) is 3.75. The molecule has 0 atom stereocenters. The highest BCUT2D eigenvalue weighted by molar-refractivity contribution is 5.56. The Morgan fingerprint density at radius 2 is 2.36 bits per heavy atom. The molecule has 0 unspecified atom stereocenters. The summed E-state index contributed by atoms with van der Waals surface area (Å²) in [6, 6.07) is 0. The van der Waals surface area contributed by atoms with E-state index in [4.69, 9.17) is 0 Å². The molecule has 0 radical (unpaired) electrons. The zero-order chi connectivity index (χ0) is 10.8. The second-order valence-electron chi connectivity index (χ2n) is 3.75. The van der Waals surface area contributed by atoms with Crippen molar-refractivity contribution in [1.82, 2.24) is 10.2 Å². The molecule has 78 valence electrons. The Morgan fingerprint density at radius 3 is 2.86 bits per heavy atom. The summed E-state index contributed by atoms with van der Waals surface area (Å²) in [6.45, 7) is 5.96. The van der Waals surface area contributed by atoms with Gasteiger partial charge in [-0.3, -0.25) is 0 Å². The van der Waals surface area contributed by atoms with Crippen LogP contribution in [0.25, 0.3) is 0 Å². The minimum absolute atomic E-state index is 0.0912. The van der Waals surface area contributed by atoms with Crippen LogP contribution in [0.15, 0.2) is 6.20 Å². The minimum atomic E-state index is -0.485. The van der Waals surface area contributed by atoms with Crippen molar-refractivity contribution in [2.75, 3.05) is 5.32 Å². The van der Waals surface area contributed by atoms with Crippen molar-refractivity contribution >= 4 is 11.5 Å². The van der Waals surface area contributed by atoms with Gasteiger partial charge < -0.3 is 15.4 Å². The van der Waals surface area contributed by atoms with Gasteiger partial charge in [0, 0.05) is 5.54 Å². The third kappa shape index (κ3) is 2.21. The van der Waals surface area contributed by atoms with Crippen LogP contribution in [0.2, 0.25) is 0 Å². The van der Waals surface area contributed by atoms with Crippen LogP contribution in [0, 0.1) is 10.1 Å². The minimum Gasteiger partial charge on any atom is -0.372 e. The van der Waals surface area contributed by atoms with Crippen LogP contribution in [0.1, 0.15) is 27.2 Å². The number of hydrogen-bond donors (Lipinski definition) is 2. The molecule has 0 spiro atoms. The molecule has 0 amide bonds. The van der Waals surface area contributed by atoms with E-state index in [1.54, 1.807) is 0 Å². The quantitative estimate of drug-likeness (QED) is 0.571. The molecule has 0 fully saturated rings. The van der Waals surface area contributed by atoms with Crippen LogP contribution in [0.5, 0.6) is 0 Å². The fourth-order valence-corrected chi connectivity index (χ4v) is 0.963. The van der Waals surface area contributed by atoms with Crippen LogP contribution in [-0.4, -0.2) is 20.7 Å². The molecule has 0 saturated carbocycles. The Labute approximate surface area is 81.9 Å². The van der Waals surface area contributed by atoms with Gasteiger partial charge in [-0.2, -0.15) is 0 Å². The molecule has 1 aromatic rings. The Balaban J connectivity index is 2.86. The molecule has 0 bridgehead atoms. The number of rotatable bonds is 4. The zero-order valence-electron chi connectivity index (χ0n) is 8.50. The summed E-state index contributed by atoms with van der Waals surface area (Å²) in [4.78, 5) is 10.1. The normalized spacial score (nSPS) is 11.4. The van der Waals surface area contributed by atoms with E-state index in [1.165, 1.54) is 6.20 Å². The smallest absolute Gasteiger partial charge is 0.366 e. The number of anilines is 1. The van der Waals surface area contributed by atoms with Gasteiger partial charge in [0.1, 0.15) is 6.20 Å². The van der Waals surface area contributed by atoms with E-state index < -0.39 is 4.92 Å². The van der Waals surface area contributed by atoms with E-state index in [1.807, 2.05) is 20.8 Å². The summed E-state index contributed by atoms with van der Waals surface area (Å²) in [6.07, 6.45) is 2.30. The molecule has 1 rings (SSSR count). The van der Waals surface area contributed by atoms with Crippen LogP contribution in [0.3, 0.4) is 0 Å². The van der Waals surface area contributed by atoms with Crippen molar-refractivity contribution in [1.29, 1.82) is 0 Å². The molecular weight excluding hydrogens is 184 g/mol. The van der Waals surface area contributed by atoms with Crippen molar-refractivity contribution in [3.05, 3.63) is 16.3 Å². The van der Waals surface area contributed by atoms with E-state index >= 15 is 0 Å². The van der Waals surface area contributed by atoms with E-state index in [2.05, 4.69) is 15.5 Å². The lowest BCUT2D eigenvalue weighted by molar-refractivity contribution is -0.388. The molecule has 0 aliphatic heterocycles. The predicted molar refractivity (Wildman–Crippen MR) is 53.2 cm³/mol. The lowest BCUT2D eigenvalue weighted by Crippen LogP contribution is -2.29. The summed E-state index contributed by atoms with van der Waals surface area (Å²) >= 11 is 0. The fourth-order valence-electron chi connectivity index (χ4n) is 0.963. The van der Waals surface area contributed by atoms with Gasteiger partial charge in [-0.15, -0.1) is 5.10 Å². The van der Waals surface area contributed by atoms with Gasteiger partial charge in [-0.05, 0) is 25.2 Å². The molecule has 1 heterocycles. The number of aromatic amines is 1. The third-order valence-electron chi connectivity index (χ3n) is 2.16. The number of H-pyrrole nitrogens is 1. The standard InChI is InChI=1S/C8H14N4O2/c1-4-8(2,3)10-6-5-9-11-7(6)12(13)14/h5,10H,4H2,1-3H3,(H,9,11). The lowest BCUT2D eigenvalue weighted by atomic mass is 10.0. The largest absolute Gasteiger partial charge is 0.372 e. The molecule has 0 saturated heterocycles. The lowest BCUT2D eigenvalue weighted by Gasteiger charge is -2.24. The average Bonchev–Trinajstić information content (AvgIpc) is 2.51. The Hall–Kier alpha value is -1.59. The number of hydrogen-bond acceptors (Lipinski definition) is 4. The van der Waals surface area contributed by atoms with Crippen molar-refractivity contribution in [2.24, 2.45) is 0 Å². The maximum atomic E-state index is 10.6. The van der Waals surface area contributed by atoms with Gasteiger partial charge in [0.05, 0.1) is 0 Å². The monoisotopic (exact) mass is 198 g/mol. The Kier molecular flexibility index (Phi) is 2.73. The zero-order valence-corrected chi connectivity index (χ0v) is 8.50. The van der Waals surface area contributed by atoms with Crippen LogP contribution in [-0.2, 0) is 0 Å². The van der Waals surface area contributed by atoms with Crippen LogP contribution >= 0.6 is 0 Å². The number of aromatic nitrogens is 2. The SMILES string of the molecule is CCC(C)(C)Nc1cn[nH]c1[N+](=O)[O-]. The Morgan fingerprint density at radius 1 is 1.71 bits per heavy atom. The predicted octanol–water partition coefficient (Wildman–Crippen LogP) is 1.92. The van der Waals surface area contributed by atoms with Crippen LogP contribution < -0.4 is 5.32 Å². The molecule has 1 aromatic heterocycles. The molecule has 6 heteroatoms. The summed E-state index contributed by atoms with van der Waals surface area (Å²) < 4.78 is 0. The number of nitro groups is 1. The summed E-state index contributed by atoms with van der Waals surface area (Å²) in [5, 5.41) is 19.6. The number of nitrogens with one attached hydrogen (secondary N) is 2. The fraction of sp³-hybridized carbons (Fsp3) is 0.625. The van der Waals surface area contributed by atoms with E-state index in [9.17, 15) is 10.1 Å². The first-order valence-corrected chi connectivity index (χ1v) is 4.42. The molecule has 6 nitrogen and oxygen atoms in total. The first-order valence-electron chi connectivity index (χ1n) is 4.42. The maximum Gasteiger partial charge on any atom is 0.366 e. The third-order valence-corrected chi connectivity index (χ3v) is 2.16. The molecule has 2 N–H and O–H groups in total. The topological polar surface area (TPSA) is 83.8 Å². The highest BCUT2D eigenvalue weighted by Crippen LogP contribution is 2.24. The highest BCUT2D eigenvalue weighted by atomic mass is 16.6. The molecule has 14 heavy (non-hydrogen) atoms. The molecular formula is C8H14N4O2. The molecule has 0 aliphatic rings. The number of nitrogens with zero attached hydrogens (tertiary/aromatic N) is 2. The van der Waals surface area contributed by atoms with Gasteiger partial charge in [-0.1, -0.05) is 12.0 Å². The van der Waals surface area contributed by atoms with Gasteiger partial charge >= 0.3 is 5.82 Å². The van der Waals surface area contributed by atoms with E-state index in [0.29, 0.717) is 5.69 Å². The molecule has 0 aliphatic carbocycles. The first-order chi connectivity index (χ1) is 6.46. The summed E-state index contributed by atoms with van der Waals surface area (Å²) in [7, 11) is 0. The van der Waals surface area contributed by atoms with Gasteiger partial charge in [0.15, 0.2) is 5.69 Å². The maximum absolute atomic E-state index is 10.6. The van der Waals surface area contributed by atoms with Crippen molar-refractivity contribution in [3.8, 4) is 0 Å². The van der Waals surface area contributed by atoms with E-state index in [0.717, 1.165) is 6.42 Å². The first kappa shape index (κ1) is 10.5.